The van der Waals surface area contributed by atoms with E-state index in [4.69, 9.17) is 9.84 Å². The van der Waals surface area contributed by atoms with Crippen LogP contribution < -0.4 is 4.74 Å². The van der Waals surface area contributed by atoms with Gasteiger partial charge in [-0.05, 0) is 36.8 Å². The monoisotopic (exact) mass is 438 g/mol. The highest BCUT2D eigenvalue weighted by Gasteiger charge is 2.20. The second-order valence-electron chi connectivity index (χ2n) is 7.40. The SMILES string of the molecule is Cc1nc2ccccn2c1-c1nnc2sc(-c3cccc(OCc4ccccc4)c3)nn12. The van der Waals surface area contributed by atoms with Crippen LogP contribution in [0, 0.1) is 6.92 Å². The van der Waals surface area contributed by atoms with Crippen LogP contribution in [0.3, 0.4) is 0 Å². The molecule has 32 heavy (non-hydrogen) atoms. The molecule has 156 valence electrons. The van der Waals surface area contributed by atoms with E-state index in [-0.39, 0.29) is 0 Å². The lowest BCUT2D eigenvalue weighted by Gasteiger charge is -2.07. The summed E-state index contributed by atoms with van der Waals surface area (Å²) in [7, 11) is 0. The number of rotatable bonds is 5. The average molecular weight is 439 g/mol. The second kappa shape index (κ2) is 7.58. The molecule has 0 spiro atoms. The van der Waals surface area contributed by atoms with Gasteiger partial charge in [-0.1, -0.05) is 59.9 Å². The maximum Gasteiger partial charge on any atom is 0.235 e. The van der Waals surface area contributed by atoms with Crippen molar-refractivity contribution < 1.29 is 4.74 Å². The molecule has 0 atom stereocenters. The fourth-order valence-electron chi connectivity index (χ4n) is 3.72. The zero-order valence-corrected chi connectivity index (χ0v) is 18.0. The summed E-state index contributed by atoms with van der Waals surface area (Å²) in [6.45, 7) is 2.50. The number of pyridine rings is 1. The van der Waals surface area contributed by atoms with Crippen LogP contribution in [0.25, 0.3) is 32.7 Å². The van der Waals surface area contributed by atoms with Crippen molar-refractivity contribution in [2.75, 3.05) is 0 Å². The van der Waals surface area contributed by atoms with Gasteiger partial charge in [0.15, 0.2) is 0 Å². The number of hydrogen-bond donors (Lipinski definition) is 0. The average Bonchev–Trinajstić information content (AvgIpc) is 3.51. The molecule has 7 nitrogen and oxygen atoms in total. The third-order valence-electron chi connectivity index (χ3n) is 5.24. The van der Waals surface area contributed by atoms with E-state index in [1.165, 1.54) is 11.3 Å². The van der Waals surface area contributed by atoms with Gasteiger partial charge in [0, 0.05) is 11.8 Å². The fourth-order valence-corrected chi connectivity index (χ4v) is 4.56. The van der Waals surface area contributed by atoms with Crippen molar-refractivity contribution in [1.29, 1.82) is 0 Å². The predicted molar refractivity (Wildman–Crippen MR) is 124 cm³/mol. The van der Waals surface area contributed by atoms with Gasteiger partial charge in [0.25, 0.3) is 0 Å². The molecule has 0 N–H and O–H groups in total. The lowest BCUT2D eigenvalue weighted by Crippen LogP contribution is -1.96. The van der Waals surface area contributed by atoms with Gasteiger partial charge in [0.2, 0.25) is 10.8 Å². The largest absolute Gasteiger partial charge is 0.489 e. The summed E-state index contributed by atoms with van der Waals surface area (Å²) in [6.07, 6.45) is 1.98. The van der Waals surface area contributed by atoms with Crippen molar-refractivity contribution in [3.63, 3.8) is 0 Å². The molecule has 0 amide bonds. The maximum atomic E-state index is 5.99. The zero-order chi connectivity index (χ0) is 21.5. The topological polar surface area (TPSA) is 69.6 Å². The second-order valence-corrected chi connectivity index (χ2v) is 8.36. The molecule has 0 aliphatic heterocycles. The Labute approximate surface area is 187 Å². The van der Waals surface area contributed by atoms with E-state index in [9.17, 15) is 0 Å². The highest BCUT2D eigenvalue weighted by molar-refractivity contribution is 7.19. The Kier molecular flexibility index (Phi) is 4.43. The molecule has 0 aliphatic carbocycles. The van der Waals surface area contributed by atoms with Crippen molar-refractivity contribution in [3.8, 4) is 27.8 Å². The molecule has 4 heterocycles. The third kappa shape index (κ3) is 3.21. The summed E-state index contributed by atoms with van der Waals surface area (Å²) in [6, 6.07) is 24.0. The van der Waals surface area contributed by atoms with Crippen molar-refractivity contribution in [2.24, 2.45) is 0 Å². The van der Waals surface area contributed by atoms with Crippen LogP contribution in [0.15, 0.2) is 79.0 Å². The van der Waals surface area contributed by atoms with E-state index in [0.717, 1.165) is 43.9 Å². The number of hydrogen-bond acceptors (Lipinski definition) is 6. The smallest absolute Gasteiger partial charge is 0.235 e. The molecule has 0 radical (unpaired) electrons. The Morgan fingerprint density at radius 1 is 0.938 bits per heavy atom. The summed E-state index contributed by atoms with van der Waals surface area (Å²) < 4.78 is 9.80. The summed E-state index contributed by atoms with van der Waals surface area (Å²) in [5.74, 6) is 1.48. The third-order valence-corrected chi connectivity index (χ3v) is 6.18. The number of fused-ring (bicyclic) bond motifs is 2. The number of benzene rings is 2. The Morgan fingerprint density at radius 2 is 1.81 bits per heavy atom. The first-order chi connectivity index (χ1) is 15.8. The zero-order valence-electron chi connectivity index (χ0n) is 17.2. The number of aromatic nitrogens is 6. The van der Waals surface area contributed by atoms with E-state index in [1.807, 2.05) is 78.2 Å². The first kappa shape index (κ1) is 18.7. The molecular formula is C24H18N6OS. The lowest BCUT2D eigenvalue weighted by atomic mass is 10.2. The van der Waals surface area contributed by atoms with E-state index in [0.29, 0.717) is 12.4 Å². The van der Waals surface area contributed by atoms with Gasteiger partial charge < -0.3 is 4.74 Å². The molecule has 6 aromatic rings. The van der Waals surface area contributed by atoms with Crippen LogP contribution in [-0.2, 0) is 6.61 Å². The highest BCUT2D eigenvalue weighted by atomic mass is 32.1. The van der Waals surface area contributed by atoms with Crippen molar-refractivity contribution in [1.82, 2.24) is 29.2 Å². The number of imidazole rings is 1. The molecule has 0 saturated carbocycles. The predicted octanol–water partition coefficient (Wildman–Crippen LogP) is 5.05. The molecule has 6 rings (SSSR count). The number of ether oxygens (including phenoxy) is 1. The van der Waals surface area contributed by atoms with Crippen molar-refractivity contribution in [3.05, 3.63) is 90.3 Å². The van der Waals surface area contributed by atoms with Gasteiger partial charge in [0.05, 0.1) is 5.69 Å². The highest BCUT2D eigenvalue weighted by Crippen LogP contribution is 2.31. The van der Waals surface area contributed by atoms with Gasteiger partial charge in [-0.2, -0.15) is 9.61 Å². The van der Waals surface area contributed by atoms with E-state index in [2.05, 4.69) is 27.3 Å². The molecule has 0 aliphatic rings. The summed E-state index contributed by atoms with van der Waals surface area (Å²) >= 11 is 1.50. The minimum atomic E-state index is 0.521. The molecular weight excluding hydrogens is 420 g/mol. The number of nitrogens with zero attached hydrogens (tertiary/aromatic N) is 6. The van der Waals surface area contributed by atoms with E-state index < -0.39 is 0 Å². The minimum Gasteiger partial charge on any atom is -0.489 e. The molecule has 0 unspecified atom stereocenters. The van der Waals surface area contributed by atoms with Crippen molar-refractivity contribution >= 4 is 21.9 Å². The van der Waals surface area contributed by atoms with Gasteiger partial charge in [-0.25, -0.2) is 4.98 Å². The van der Waals surface area contributed by atoms with Gasteiger partial charge in [-0.3, -0.25) is 4.40 Å². The van der Waals surface area contributed by atoms with E-state index in [1.54, 1.807) is 4.52 Å². The Balaban J connectivity index is 1.35. The quantitative estimate of drug-likeness (QED) is 0.377. The van der Waals surface area contributed by atoms with Crippen LogP contribution in [0.2, 0.25) is 0 Å². The molecule has 4 aromatic heterocycles. The molecule has 0 bridgehead atoms. The Hall–Kier alpha value is -4.04. The van der Waals surface area contributed by atoms with Crippen LogP contribution in [0.4, 0.5) is 0 Å². The molecule has 2 aromatic carbocycles. The van der Waals surface area contributed by atoms with Crippen LogP contribution in [-0.4, -0.2) is 29.2 Å². The standard InChI is InChI=1S/C24H18N6OS/c1-16-21(29-13-6-5-12-20(29)25-16)22-26-27-24-30(22)28-23(32-24)18-10-7-11-19(14-18)31-15-17-8-3-2-4-9-17/h2-14H,15H2,1H3. The summed E-state index contributed by atoms with van der Waals surface area (Å²) in [5.41, 5.74) is 4.76. The summed E-state index contributed by atoms with van der Waals surface area (Å²) in [5, 5.41) is 14.4. The first-order valence-corrected chi connectivity index (χ1v) is 11.0. The van der Waals surface area contributed by atoms with Crippen LogP contribution in [0.5, 0.6) is 5.75 Å². The maximum absolute atomic E-state index is 5.99. The lowest BCUT2D eigenvalue weighted by molar-refractivity contribution is 0.306. The molecule has 8 heteroatoms. The van der Waals surface area contributed by atoms with Gasteiger partial charge in [-0.15, -0.1) is 10.2 Å². The van der Waals surface area contributed by atoms with Gasteiger partial charge >= 0.3 is 0 Å². The van der Waals surface area contributed by atoms with Crippen LogP contribution >= 0.6 is 11.3 Å². The Bertz CT molecular complexity index is 1550. The Morgan fingerprint density at radius 3 is 2.72 bits per heavy atom. The minimum absolute atomic E-state index is 0.521. The molecule has 0 saturated heterocycles. The van der Waals surface area contributed by atoms with Crippen LogP contribution in [0.1, 0.15) is 11.3 Å². The first-order valence-electron chi connectivity index (χ1n) is 10.2. The number of aryl methyl sites for hydroxylation is 1. The van der Waals surface area contributed by atoms with Gasteiger partial charge in [0.1, 0.15) is 28.7 Å². The summed E-state index contributed by atoms with van der Waals surface area (Å²) in [4.78, 5) is 5.37. The fraction of sp³-hybridized carbons (Fsp3) is 0.0833. The van der Waals surface area contributed by atoms with Crippen molar-refractivity contribution in [2.45, 2.75) is 13.5 Å². The molecule has 0 fully saturated rings. The van der Waals surface area contributed by atoms with E-state index >= 15 is 0 Å². The normalized spacial score (nSPS) is 11.4.